The SMILES string of the molecule is COCC1(C(=O)NCc2nc3cc(C)ccc3n2C)CCCN1. The standard InChI is InChI=1S/C17H24N4O2/c1-12-5-6-14-13(9-12)20-15(21(14)2)10-18-16(22)17(11-23-3)7-4-8-19-17/h5-6,9,19H,4,7-8,10-11H2,1-3H3,(H,18,22). The molecule has 6 heteroatoms. The number of ether oxygens (including phenoxy) is 1. The fraction of sp³-hybridized carbons (Fsp3) is 0.529. The highest BCUT2D eigenvalue weighted by Crippen LogP contribution is 2.21. The fourth-order valence-corrected chi connectivity index (χ4v) is 3.28. The van der Waals surface area contributed by atoms with Crippen molar-refractivity contribution in [2.45, 2.75) is 31.8 Å². The van der Waals surface area contributed by atoms with Crippen LogP contribution in [0, 0.1) is 6.92 Å². The maximum atomic E-state index is 12.6. The normalized spacial score (nSPS) is 21.0. The first-order valence-corrected chi connectivity index (χ1v) is 8.00. The second-order valence-corrected chi connectivity index (χ2v) is 6.31. The summed E-state index contributed by atoms with van der Waals surface area (Å²) in [5.41, 5.74) is 2.61. The van der Waals surface area contributed by atoms with Crippen LogP contribution in [0.1, 0.15) is 24.2 Å². The van der Waals surface area contributed by atoms with E-state index in [0.717, 1.165) is 36.2 Å². The number of rotatable bonds is 5. The fourth-order valence-electron chi connectivity index (χ4n) is 3.28. The van der Waals surface area contributed by atoms with E-state index in [2.05, 4.69) is 40.7 Å². The number of imidazole rings is 1. The Bertz CT molecular complexity index is 717. The largest absolute Gasteiger partial charge is 0.382 e. The van der Waals surface area contributed by atoms with Crippen LogP contribution in [-0.4, -0.2) is 41.3 Å². The summed E-state index contributed by atoms with van der Waals surface area (Å²) in [6.45, 7) is 3.70. The minimum atomic E-state index is -0.601. The number of carbonyl (C=O) groups excluding carboxylic acids is 1. The van der Waals surface area contributed by atoms with Gasteiger partial charge in [-0.25, -0.2) is 4.98 Å². The zero-order valence-electron chi connectivity index (χ0n) is 14.0. The molecule has 3 rings (SSSR count). The van der Waals surface area contributed by atoms with Crippen LogP contribution in [0.3, 0.4) is 0 Å². The van der Waals surface area contributed by atoms with Crippen molar-refractivity contribution in [3.63, 3.8) is 0 Å². The number of amides is 1. The van der Waals surface area contributed by atoms with Crippen LogP contribution in [0.5, 0.6) is 0 Å². The van der Waals surface area contributed by atoms with E-state index in [1.54, 1.807) is 7.11 Å². The van der Waals surface area contributed by atoms with Crippen LogP contribution >= 0.6 is 0 Å². The molecular formula is C17H24N4O2. The van der Waals surface area contributed by atoms with E-state index >= 15 is 0 Å². The van der Waals surface area contributed by atoms with E-state index in [0.29, 0.717) is 13.2 Å². The number of benzene rings is 1. The molecular weight excluding hydrogens is 292 g/mol. The summed E-state index contributed by atoms with van der Waals surface area (Å²) in [4.78, 5) is 17.3. The first kappa shape index (κ1) is 16.0. The summed E-state index contributed by atoms with van der Waals surface area (Å²) in [5, 5.41) is 6.31. The van der Waals surface area contributed by atoms with Crippen molar-refractivity contribution in [1.82, 2.24) is 20.2 Å². The van der Waals surface area contributed by atoms with Gasteiger partial charge in [0.2, 0.25) is 5.91 Å². The number of aryl methyl sites for hydroxylation is 2. The monoisotopic (exact) mass is 316 g/mol. The van der Waals surface area contributed by atoms with Crippen LogP contribution < -0.4 is 10.6 Å². The van der Waals surface area contributed by atoms with Crippen molar-refractivity contribution >= 4 is 16.9 Å². The maximum Gasteiger partial charge on any atom is 0.243 e. The number of nitrogens with zero attached hydrogens (tertiary/aromatic N) is 2. The average molecular weight is 316 g/mol. The zero-order chi connectivity index (χ0) is 16.4. The Labute approximate surface area is 136 Å². The number of methoxy groups -OCH3 is 1. The predicted octanol–water partition coefficient (Wildman–Crippen LogP) is 1.27. The van der Waals surface area contributed by atoms with Gasteiger partial charge in [0.25, 0.3) is 0 Å². The molecule has 0 radical (unpaired) electrons. The first-order chi connectivity index (χ1) is 11.1. The van der Waals surface area contributed by atoms with Gasteiger partial charge in [-0.3, -0.25) is 4.79 Å². The van der Waals surface area contributed by atoms with Crippen molar-refractivity contribution in [2.75, 3.05) is 20.3 Å². The van der Waals surface area contributed by atoms with Gasteiger partial charge in [0.05, 0.1) is 24.2 Å². The molecule has 124 valence electrons. The van der Waals surface area contributed by atoms with E-state index in [4.69, 9.17) is 4.74 Å². The molecule has 0 bridgehead atoms. The molecule has 2 heterocycles. The molecule has 0 aliphatic carbocycles. The third-order valence-corrected chi connectivity index (χ3v) is 4.61. The maximum absolute atomic E-state index is 12.6. The lowest BCUT2D eigenvalue weighted by atomic mass is 9.97. The van der Waals surface area contributed by atoms with Gasteiger partial charge in [-0.05, 0) is 44.0 Å². The van der Waals surface area contributed by atoms with E-state index in [1.807, 2.05) is 11.6 Å². The Balaban J connectivity index is 1.75. The Hall–Kier alpha value is -1.92. The highest BCUT2D eigenvalue weighted by atomic mass is 16.5. The first-order valence-electron chi connectivity index (χ1n) is 8.00. The molecule has 1 fully saturated rings. The van der Waals surface area contributed by atoms with Crippen LogP contribution in [0.15, 0.2) is 18.2 Å². The molecule has 23 heavy (non-hydrogen) atoms. The van der Waals surface area contributed by atoms with Crippen LogP contribution in [0.2, 0.25) is 0 Å². The lowest BCUT2D eigenvalue weighted by Gasteiger charge is -2.27. The summed E-state index contributed by atoms with van der Waals surface area (Å²) in [6, 6.07) is 6.20. The van der Waals surface area contributed by atoms with Gasteiger partial charge in [-0.15, -0.1) is 0 Å². The summed E-state index contributed by atoms with van der Waals surface area (Å²) < 4.78 is 7.27. The van der Waals surface area contributed by atoms with Gasteiger partial charge in [0, 0.05) is 14.2 Å². The van der Waals surface area contributed by atoms with Gasteiger partial charge >= 0.3 is 0 Å². The second-order valence-electron chi connectivity index (χ2n) is 6.31. The summed E-state index contributed by atoms with van der Waals surface area (Å²) in [5.74, 6) is 0.838. The molecule has 1 amide bonds. The molecule has 1 aliphatic heterocycles. The van der Waals surface area contributed by atoms with Gasteiger partial charge in [0.15, 0.2) is 0 Å². The smallest absolute Gasteiger partial charge is 0.243 e. The lowest BCUT2D eigenvalue weighted by Crippen LogP contribution is -2.56. The van der Waals surface area contributed by atoms with Gasteiger partial charge in [-0.2, -0.15) is 0 Å². The molecule has 1 aliphatic rings. The molecule has 1 aromatic heterocycles. The van der Waals surface area contributed by atoms with Gasteiger partial charge in [-0.1, -0.05) is 6.07 Å². The van der Waals surface area contributed by atoms with Crippen molar-refractivity contribution < 1.29 is 9.53 Å². The number of fused-ring (bicyclic) bond motifs is 1. The number of hydrogen-bond donors (Lipinski definition) is 2. The molecule has 1 saturated heterocycles. The molecule has 1 unspecified atom stereocenters. The third-order valence-electron chi connectivity index (χ3n) is 4.61. The summed E-state index contributed by atoms with van der Waals surface area (Å²) in [7, 11) is 3.60. The van der Waals surface area contributed by atoms with E-state index in [1.165, 1.54) is 5.56 Å². The molecule has 0 spiro atoms. The molecule has 0 saturated carbocycles. The molecule has 2 aromatic rings. The van der Waals surface area contributed by atoms with E-state index < -0.39 is 5.54 Å². The highest BCUT2D eigenvalue weighted by Gasteiger charge is 2.40. The molecule has 1 aromatic carbocycles. The Kier molecular flexibility index (Phi) is 4.37. The topological polar surface area (TPSA) is 68.2 Å². The van der Waals surface area contributed by atoms with Crippen molar-refractivity contribution in [2.24, 2.45) is 7.05 Å². The van der Waals surface area contributed by atoms with Crippen LogP contribution in [-0.2, 0) is 23.1 Å². The minimum Gasteiger partial charge on any atom is -0.382 e. The summed E-state index contributed by atoms with van der Waals surface area (Å²) >= 11 is 0. The minimum absolute atomic E-state index is 0.0138. The third kappa shape index (κ3) is 2.96. The number of hydrogen-bond acceptors (Lipinski definition) is 4. The highest BCUT2D eigenvalue weighted by molar-refractivity contribution is 5.87. The zero-order valence-corrected chi connectivity index (χ0v) is 14.0. The number of carbonyl (C=O) groups is 1. The lowest BCUT2D eigenvalue weighted by molar-refractivity contribution is -0.129. The van der Waals surface area contributed by atoms with Crippen molar-refractivity contribution in [1.29, 1.82) is 0 Å². The molecule has 1 atom stereocenters. The second kappa shape index (κ2) is 6.29. The van der Waals surface area contributed by atoms with Gasteiger partial charge in [0.1, 0.15) is 11.4 Å². The van der Waals surface area contributed by atoms with Crippen molar-refractivity contribution in [3.05, 3.63) is 29.6 Å². The summed E-state index contributed by atoms with van der Waals surface area (Å²) in [6.07, 6.45) is 1.79. The van der Waals surface area contributed by atoms with E-state index in [-0.39, 0.29) is 5.91 Å². The average Bonchev–Trinajstić information content (AvgIpc) is 3.11. The van der Waals surface area contributed by atoms with Crippen LogP contribution in [0.25, 0.3) is 11.0 Å². The predicted molar refractivity (Wildman–Crippen MR) is 89.1 cm³/mol. The van der Waals surface area contributed by atoms with Gasteiger partial charge < -0.3 is 19.9 Å². The Morgan fingerprint density at radius 3 is 3.04 bits per heavy atom. The number of nitrogens with one attached hydrogen (secondary N) is 2. The quantitative estimate of drug-likeness (QED) is 0.871. The molecule has 6 nitrogen and oxygen atoms in total. The van der Waals surface area contributed by atoms with Crippen LogP contribution in [0.4, 0.5) is 0 Å². The number of aromatic nitrogens is 2. The Morgan fingerprint density at radius 2 is 2.35 bits per heavy atom. The van der Waals surface area contributed by atoms with Crippen molar-refractivity contribution in [3.8, 4) is 0 Å². The van der Waals surface area contributed by atoms with E-state index in [9.17, 15) is 4.79 Å². The Morgan fingerprint density at radius 1 is 1.52 bits per heavy atom. The molecule has 2 N–H and O–H groups in total.